The molecule has 0 spiro atoms. The molecule has 0 saturated carbocycles. The Morgan fingerprint density at radius 1 is 1.61 bits per heavy atom. The van der Waals surface area contributed by atoms with E-state index in [-0.39, 0.29) is 0 Å². The molecule has 1 aliphatic heterocycles. The zero-order valence-electron chi connectivity index (χ0n) is 11.6. The van der Waals surface area contributed by atoms with Crippen molar-refractivity contribution in [3.8, 4) is 5.88 Å². The summed E-state index contributed by atoms with van der Waals surface area (Å²) < 4.78 is 6.97. The molecule has 5 heteroatoms. The highest BCUT2D eigenvalue weighted by molar-refractivity contribution is 5.38. The van der Waals surface area contributed by atoms with E-state index < -0.39 is 0 Å². The first-order valence-electron chi connectivity index (χ1n) is 6.72. The molecule has 2 rings (SSSR count). The van der Waals surface area contributed by atoms with Crippen molar-refractivity contribution < 1.29 is 4.74 Å². The highest BCUT2D eigenvalue weighted by Crippen LogP contribution is 2.30. The minimum Gasteiger partial charge on any atom is -0.481 e. The monoisotopic (exact) mass is 252 g/mol. The summed E-state index contributed by atoms with van der Waals surface area (Å²) in [6, 6.07) is 1.94. The van der Waals surface area contributed by atoms with Gasteiger partial charge in [0.2, 0.25) is 5.88 Å². The van der Waals surface area contributed by atoms with Crippen molar-refractivity contribution in [1.82, 2.24) is 15.1 Å². The lowest BCUT2D eigenvalue weighted by Gasteiger charge is -2.37. The molecule has 18 heavy (non-hydrogen) atoms. The van der Waals surface area contributed by atoms with Crippen molar-refractivity contribution in [2.24, 2.45) is 12.5 Å². The molecule has 0 amide bonds. The average molecular weight is 252 g/mol. The molecule has 1 unspecified atom stereocenters. The second kappa shape index (κ2) is 5.61. The Hall–Kier alpha value is -1.23. The largest absolute Gasteiger partial charge is 0.481 e. The Morgan fingerprint density at radius 2 is 2.44 bits per heavy atom. The van der Waals surface area contributed by atoms with E-state index in [0.29, 0.717) is 5.41 Å². The van der Waals surface area contributed by atoms with Gasteiger partial charge in [-0.15, -0.1) is 0 Å². The lowest BCUT2D eigenvalue weighted by Crippen LogP contribution is -2.44. The first kappa shape index (κ1) is 13.2. The lowest BCUT2D eigenvalue weighted by molar-refractivity contribution is 0.216. The molecule has 0 aliphatic carbocycles. The summed E-state index contributed by atoms with van der Waals surface area (Å²) in [5.74, 6) is 1.68. The van der Waals surface area contributed by atoms with Gasteiger partial charge >= 0.3 is 0 Å². The zero-order valence-corrected chi connectivity index (χ0v) is 11.6. The van der Waals surface area contributed by atoms with Crippen LogP contribution in [0, 0.1) is 5.41 Å². The summed E-state index contributed by atoms with van der Waals surface area (Å²) in [5.41, 5.74) is 0.364. The standard InChI is InChI=1S/C13H24N4O/c1-4-13(6-5-7-14-9-13)10-15-11-8-12(18-3)17(2)16-11/h8,14H,4-7,9-10H2,1-3H3,(H,15,16). The van der Waals surface area contributed by atoms with E-state index in [0.717, 1.165) is 31.3 Å². The van der Waals surface area contributed by atoms with Gasteiger partial charge in [0.05, 0.1) is 7.11 Å². The molecule has 1 aromatic rings. The molecule has 102 valence electrons. The molecule has 1 aromatic heterocycles. The minimum absolute atomic E-state index is 0.364. The third kappa shape index (κ3) is 2.77. The van der Waals surface area contributed by atoms with Crippen molar-refractivity contribution in [2.45, 2.75) is 26.2 Å². The van der Waals surface area contributed by atoms with Crippen molar-refractivity contribution >= 4 is 5.82 Å². The maximum Gasteiger partial charge on any atom is 0.213 e. The fraction of sp³-hybridized carbons (Fsp3) is 0.769. The number of rotatable bonds is 5. The third-order valence-electron chi connectivity index (χ3n) is 4.00. The number of nitrogens with zero attached hydrogens (tertiary/aromatic N) is 2. The van der Waals surface area contributed by atoms with E-state index in [9.17, 15) is 0 Å². The van der Waals surface area contributed by atoms with Crippen LogP contribution in [0.25, 0.3) is 0 Å². The maximum atomic E-state index is 5.22. The molecule has 1 saturated heterocycles. The van der Waals surface area contributed by atoms with Crippen LogP contribution >= 0.6 is 0 Å². The first-order chi connectivity index (χ1) is 8.69. The van der Waals surface area contributed by atoms with Gasteiger partial charge in [0.1, 0.15) is 0 Å². The lowest BCUT2D eigenvalue weighted by atomic mass is 9.78. The van der Waals surface area contributed by atoms with Crippen LogP contribution < -0.4 is 15.4 Å². The van der Waals surface area contributed by atoms with Crippen LogP contribution in [0.15, 0.2) is 6.07 Å². The molecule has 2 heterocycles. The van der Waals surface area contributed by atoms with Gasteiger partial charge in [0, 0.05) is 26.2 Å². The average Bonchev–Trinajstić information content (AvgIpc) is 2.78. The Kier molecular flexibility index (Phi) is 4.11. The van der Waals surface area contributed by atoms with Crippen LogP contribution in [0.3, 0.4) is 0 Å². The smallest absolute Gasteiger partial charge is 0.213 e. The molecular weight excluding hydrogens is 228 g/mol. The molecular formula is C13H24N4O. The van der Waals surface area contributed by atoms with Crippen LogP contribution in [-0.2, 0) is 7.05 Å². The number of aryl methyl sites for hydroxylation is 1. The highest BCUT2D eigenvalue weighted by atomic mass is 16.5. The topological polar surface area (TPSA) is 51.1 Å². The molecule has 1 aliphatic rings. The number of hydrogen-bond acceptors (Lipinski definition) is 4. The van der Waals surface area contributed by atoms with Crippen molar-refractivity contribution in [3.63, 3.8) is 0 Å². The van der Waals surface area contributed by atoms with Crippen LogP contribution in [0.5, 0.6) is 5.88 Å². The predicted octanol–water partition coefficient (Wildman–Crippen LogP) is 1.62. The van der Waals surface area contributed by atoms with E-state index >= 15 is 0 Å². The minimum atomic E-state index is 0.364. The normalized spacial score (nSPS) is 23.9. The Labute approximate surface area is 109 Å². The molecule has 1 fully saturated rings. The number of anilines is 1. The number of piperidine rings is 1. The van der Waals surface area contributed by atoms with Crippen LogP contribution in [0.1, 0.15) is 26.2 Å². The second-order valence-corrected chi connectivity index (χ2v) is 5.18. The summed E-state index contributed by atoms with van der Waals surface area (Å²) in [7, 11) is 3.56. The van der Waals surface area contributed by atoms with Gasteiger partial charge in [-0.25, -0.2) is 4.68 Å². The van der Waals surface area contributed by atoms with E-state index in [1.165, 1.54) is 19.3 Å². The molecule has 0 aromatic carbocycles. The maximum absolute atomic E-state index is 5.22. The number of nitrogens with one attached hydrogen (secondary N) is 2. The highest BCUT2D eigenvalue weighted by Gasteiger charge is 2.30. The molecule has 0 radical (unpaired) electrons. The third-order valence-corrected chi connectivity index (χ3v) is 4.00. The summed E-state index contributed by atoms with van der Waals surface area (Å²) in [4.78, 5) is 0. The van der Waals surface area contributed by atoms with Gasteiger partial charge in [0.25, 0.3) is 0 Å². The van der Waals surface area contributed by atoms with Crippen molar-refractivity contribution in [1.29, 1.82) is 0 Å². The predicted molar refractivity (Wildman–Crippen MR) is 73.1 cm³/mol. The molecule has 2 N–H and O–H groups in total. The summed E-state index contributed by atoms with van der Waals surface area (Å²) in [5, 5.41) is 11.3. The summed E-state index contributed by atoms with van der Waals surface area (Å²) >= 11 is 0. The molecule has 1 atom stereocenters. The van der Waals surface area contributed by atoms with Crippen LogP contribution in [0.2, 0.25) is 0 Å². The van der Waals surface area contributed by atoms with Gasteiger partial charge in [0.15, 0.2) is 5.82 Å². The SMILES string of the molecule is CCC1(CNc2cc(OC)n(C)n2)CCCNC1. The van der Waals surface area contributed by atoms with Crippen LogP contribution in [0.4, 0.5) is 5.82 Å². The van der Waals surface area contributed by atoms with Crippen LogP contribution in [-0.4, -0.2) is 36.5 Å². The van der Waals surface area contributed by atoms with E-state index in [4.69, 9.17) is 4.74 Å². The first-order valence-corrected chi connectivity index (χ1v) is 6.72. The van der Waals surface area contributed by atoms with Gasteiger partial charge in [-0.2, -0.15) is 5.10 Å². The number of ether oxygens (including phenoxy) is 1. The summed E-state index contributed by atoms with van der Waals surface area (Å²) in [6.45, 7) is 5.49. The van der Waals surface area contributed by atoms with Crippen molar-refractivity contribution in [2.75, 3.05) is 32.1 Å². The zero-order chi connectivity index (χ0) is 13.0. The van der Waals surface area contributed by atoms with Gasteiger partial charge < -0.3 is 15.4 Å². The number of methoxy groups -OCH3 is 1. The fourth-order valence-electron chi connectivity index (χ4n) is 2.61. The van der Waals surface area contributed by atoms with E-state index in [1.54, 1.807) is 11.8 Å². The van der Waals surface area contributed by atoms with E-state index in [1.807, 2.05) is 13.1 Å². The van der Waals surface area contributed by atoms with Gasteiger partial charge in [-0.1, -0.05) is 6.92 Å². The van der Waals surface area contributed by atoms with Gasteiger partial charge in [-0.3, -0.25) is 0 Å². The quantitative estimate of drug-likeness (QED) is 0.836. The Balaban J connectivity index is 1.96. The number of hydrogen-bond donors (Lipinski definition) is 2. The Morgan fingerprint density at radius 3 is 3.00 bits per heavy atom. The molecule has 5 nitrogen and oxygen atoms in total. The molecule has 0 bridgehead atoms. The number of aromatic nitrogens is 2. The van der Waals surface area contributed by atoms with Gasteiger partial charge in [-0.05, 0) is 31.2 Å². The van der Waals surface area contributed by atoms with Crippen molar-refractivity contribution in [3.05, 3.63) is 6.07 Å². The fourth-order valence-corrected chi connectivity index (χ4v) is 2.61. The summed E-state index contributed by atoms with van der Waals surface area (Å²) in [6.07, 6.45) is 3.74. The Bertz CT molecular complexity index is 382. The second-order valence-electron chi connectivity index (χ2n) is 5.18. The van der Waals surface area contributed by atoms with E-state index in [2.05, 4.69) is 22.7 Å².